The number of hydrogen-bond donors (Lipinski definition) is 1. The molecule has 0 aliphatic rings. The molecule has 0 fully saturated rings. The molecule has 0 heterocycles. The molecule has 0 atom stereocenters. The van der Waals surface area contributed by atoms with Crippen molar-refractivity contribution in [2.24, 2.45) is 5.41 Å². The van der Waals surface area contributed by atoms with Crippen LogP contribution in [0.3, 0.4) is 0 Å². The standard InChI is InChI=1S/C21H32O9.C16H26O7.C14H22O7.C13H16O7/c1-5-18(22)28-12-9-25-15-21(8-4,16-26-10-13-29-19(23)6-2)17-27-11-14-30-20(24)7-3;1-13(2)15(17)22-11-9-20-7-5-19-6-8-21-10-12-23-16(18)14(3)4;1-3-13(15)20-11-9-18-7-5-17-6-8-19-10-12-21-14(16)4-2;1-4-10(15)18-8-13(7-14,20-12(17)6-3)9-19-11(16)5-2/h5-7H,1-3,8-17H2,4H3;1,3,5-12H2,2,4H3;3-4H,1-2,5-12H2;4-6,14H,1-3,7-9H2. The van der Waals surface area contributed by atoms with Crippen LogP contribution in [0.2, 0.25) is 0 Å². The van der Waals surface area contributed by atoms with E-state index in [1.165, 1.54) is 0 Å². The molecule has 94 heavy (non-hydrogen) atoms. The van der Waals surface area contributed by atoms with Crippen LogP contribution in [0.4, 0.5) is 0 Å². The van der Waals surface area contributed by atoms with Gasteiger partial charge in [-0.05, 0) is 20.3 Å². The second-order valence-corrected chi connectivity index (χ2v) is 18.0. The zero-order valence-electron chi connectivity index (χ0n) is 54.5. The van der Waals surface area contributed by atoms with Crippen LogP contribution in [0.25, 0.3) is 0 Å². The number of hydrogen-bond acceptors (Lipinski definition) is 30. The normalized spacial score (nSPS) is 10.3. The quantitative estimate of drug-likeness (QED) is 0.0395. The Morgan fingerprint density at radius 2 is 0.500 bits per heavy atom. The Kier molecular flexibility index (Phi) is 63.5. The summed E-state index contributed by atoms with van der Waals surface area (Å²) >= 11 is 0. The monoisotopic (exact) mass is 1340 g/mol. The van der Waals surface area contributed by atoms with Gasteiger partial charge in [0.1, 0.15) is 59.5 Å². The largest absolute Gasteiger partial charge is 0.460 e. The molecule has 0 saturated heterocycles. The summed E-state index contributed by atoms with van der Waals surface area (Å²) in [5.41, 5.74) is -1.49. The molecule has 0 aliphatic carbocycles. The highest BCUT2D eigenvalue weighted by Gasteiger charge is 2.37. The predicted molar refractivity (Wildman–Crippen MR) is 336 cm³/mol. The van der Waals surface area contributed by atoms with E-state index in [4.69, 9.17) is 90.0 Å². The van der Waals surface area contributed by atoms with Gasteiger partial charge < -0.3 is 95.1 Å². The molecule has 0 rings (SSSR count). The maximum atomic E-state index is 11.2. The van der Waals surface area contributed by atoms with Crippen molar-refractivity contribution in [3.05, 3.63) is 126 Å². The highest BCUT2D eigenvalue weighted by molar-refractivity contribution is 5.87. The van der Waals surface area contributed by atoms with Crippen molar-refractivity contribution in [2.75, 3.05) is 185 Å². The van der Waals surface area contributed by atoms with Crippen molar-refractivity contribution in [3.63, 3.8) is 0 Å². The topological polar surface area (TPSA) is 366 Å². The predicted octanol–water partition coefficient (Wildman–Crippen LogP) is 3.29. The fraction of sp³-hybridized carbons (Fsp3) is 0.531. The first-order valence-corrected chi connectivity index (χ1v) is 28.9. The number of ether oxygens (including phenoxy) is 19. The molecule has 0 aromatic carbocycles. The van der Waals surface area contributed by atoms with E-state index in [2.05, 4.69) is 65.8 Å². The van der Waals surface area contributed by atoms with Gasteiger partial charge in [0.15, 0.2) is 0 Å². The first-order chi connectivity index (χ1) is 45.0. The average molecular weight is 1350 g/mol. The van der Waals surface area contributed by atoms with E-state index >= 15 is 0 Å². The summed E-state index contributed by atoms with van der Waals surface area (Å²) < 4.78 is 96.3. The van der Waals surface area contributed by atoms with Gasteiger partial charge in [0, 0.05) is 65.2 Å². The third-order valence-electron chi connectivity index (χ3n) is 10.3. The van der Waals surface area contributed by atoms with Gasteiger partial charge in [0.2, 0.25) is 5.60 Å². The molecule has 0 unspecified atom stereocenters. The van der Waals surface area contributed by atoms with E-state index in [1.807, 2.05) is 6.92 Å². The Labute approximate surface area is 549 Å². The van der Waals surface area contributed by atoms with Gasteiger partial charge in [0.25, 0.3) is 0 Å². The van der Waals surface area contributed by atoms with Crippen LogP contribution < -0.4 is 0 Å². The Morgan fingerprint density at radius 1 is 0.298 bits per heavy atom. The minimum absolute atomic E-state index is 0.0986. The SMILES string of the molecule is C=C(C)C(=O)OCCOCCOCCOCCOC(=O)C(=C)C.C=CC(=O)OCC(CO)(COC(=O)C=C)OC(=O)C=C.C=CC(=O)OCCOCC(CC)(COCCOC(=O)C=C)COCCOC(=O)C=C.C=CC(=O)OCCOCCOCCOCCOC(=O)C=C. The molecule has 0 aromatic heterocycles. The van der Waals surface area contributed by atoms with E-state index in [9.17, 15) is 53.1 Å². The van der Waals surface area contributed by atoms with Crippen molar-refractivity contribution in [2.45, 2.75) is 32.8 Å². The van der Waals surface area contributed by atoms with Crippen LogP contribution in [-0.2, 0) is 138 Å². The van der Waals surface area contributed by atoms with Crippen LogP contribution in [0, 0.1) is 5.41 Å². The third kappa shape index (κ3) is 60.0. The third-order valence-corrected chi connectivity index (χ3v) is 10.3. The van der Waals surface area contributed by atoms with Gasteiger partial charge in [-0.2, -0.15) is 0 Å². The lowest BCUT2D eigenvalue weighted by atomic mass is 9.88. The van der Waals surface area contributed by atoms with Crippen LogP contribution in [0.1, 0.15) is 27.2 Å². The summed E-state index contributed by atoms with van der Waals surface area (Å²) in [5.74, 6) is -5.77. The Morgan fingerprint density at radius 3 is 0.702 bits per heavy atom. The Bertz CT molecular complexity index is 2130. The molecule has 0 amide bonds. The molecule has 0 saturated carbocycles. The summed E-state index contributed by atoms with van der Waals surface area (Å²) in [6.07, 6.45) is 8.75. The highest BCUT2D eigenvalue weighted by atomic mass is 16.6. The molecular weight excluding hydrogens is 1250 g/mol. The highest BCUT2D eigenvalue weighted by Crippen LogP contribution is 2.24. The molecule has 1 N–H and O–H groups in total. The van der Waals surface area contributed by atoms with Crippen LogP contribution in [-0.4, -0.2) is 255 Å². The fourth-order valence-corrected chi connectivity index (χ4v) is 5.32. The van der Waals surface area contributed by atoms with Gasteiger partial charge in [0.05, 0.1) is 126 Å². The molecule has 0 aliphatic heterocycles. The number of carbonyl (C=O) groups excluding carboxylic acids is 10. The maximum absolute atomic E-state index is 11.2. The van der Waals surface area contributed by atoms with E-state index < -0.39 is 90.5 Å². The van der Waals surface area contributed by atoms with Gasteiger partial charge in [-0.3, -0.25) is 0 Å². The lowest BCUT2D eigenvalue weighted by Gasteiger charge is -2.32. The molecule has 30 heteroatoms. The Hall–Kier alpha value is -8.30. The first-order valence-electron chi connectivity index (χ1n) is 28.9. The number of esters is 10. The second-order valence-electron chi connectivity index (χ2n) is 18.0. The van der Waals surface area contributed by atoms with Gasteiger partial charge in [-0.15, -0.1) is 0 Å². The summed E-state index contributed by atoms with van der Waals surface area (Å²) in [5, 5.41) is 9.35. The smallest absolute Gasteiger partial charge is 0.333 e. The molecule has 0 bridgehead atoms. The van der Waals surface area contributed by atoms with E-state index in [0.29, 0.717) is 96.8 Å². The van der Waals surface area contributed by atoms with Gasteiger partial charge >= 0.3 is 59.7 Å². The minimum Gasteiger partial charge on any atom is -0.460 e. The van der Waals surface area contributed by atoms with Gasteiger partial charge in [-0.1, -0.05) is 72.7 Å². The number of aliphatic hydroxyl groups is 1. The molecule has 0 spiro atoms. The van der Waals surface area contributed by atoms with Gasteiger partial charge in [-0.25, -0.2) is 47.9 Å². The lowest BCUT2D eigenvalue weighted by Crippen LogP contribution is -2.48. The van der Waals surface area contributed by atoms with Crippen molar-refractivity contribution in [1.29, 1.82) is 0 Å². The van der Waals surface area contributed by atoms with Crippen molar-refractivity contribution >= 4 is 59.7 Å². The summed E-state index contributed by atoms with van der Waals surface area (Å²) in [6.45, 7) is 43.5. The van der Waals surface area contributed by atoms with Crippen LogP contribution in [0.5, 0.6) is 0 Å². The van der Waals surface area contributed by atoms with Crippen molar-refractivity contribution in [1.82, 2.24) is 0 Å². The zero-order valence-corrected chi connectivity index (χ0v) is 54.5. The molecule has 0 radical (unpaired) electrons. The summed E-state index contributed by atoms with van der Waals surface area (Å²) in [7, 11) is 0. The van der Waals surface area contributed by atoms with Crippen LogP contribution >= 0.6 is 0 Å². The molecule has 0 aromatic rings. The first kappa shape index (κ1) is 92.1. The van der Waals surface area contributed by atoms with Crippen molar-refractivity contribution in [3.8, 4) is 0 Å². The summed E-state index contributed by atoms with van der Waals surface area (Å²) in [4.78, 5) is 110. The minimum atomic E-state index is -1.72. The van der Waals surface area contributed by atoms with E-state index in [-0.39, 0.29) is 85.9 Å². The summed E-state index contributed by atoms with van der Waals surface area (Å²) in [6, 6.07) is 0. The second kappa shape index (κ2) is 64.8. The number of aliphatic hydroxyl groups excluding tert-OH is 1. The molecule has 532 valence electrons. The van der Waals surface area contributed by atoms with E-state index in [1.54, 1.807) is 13.8 Å². The zero-order chi connectivity index (χ0) is 71.5. The lowest BCUT2D eigenvalue weighted by molar-refractivity contribution is -0.184. The fourth-order valence-electron chi connectivity index (χ4n) is 5.32. The molecule has 30 nitrogen and oxygen atoms in total. The van der Waals surface area contributed by atoms with Crippen LogP contribution in [0.15, 0.2) is 126 Å². The number of rotatable bonds is 56. The Balaban J connectivity index is -0.000000582. The van der Waals surface area contributed by atoms with E-state index in [0.717, 1.165) is 48.6 Å². The molecular formula is C64H96O30. The average Bonchev–Trinajstić information content (AvgIpc) is 0.918. The number of carbonyl (C=O) groups is 10. The maximum Gasteiger partial charge on any atom is 0.333 e. The van der Waals surface area contributed by atoms with Crippen molar-refractivity contribution < 1.29 is 143 Å².